The Labute approximate surface area is 155 Å². The Balaban J connectivity index is 1.95. The Morgan fingerprint density at radius 3 is 2.54 bits per heavy atom. The number of anilines is 1. The lowest BCUT2D eigenvalue weighted by Crippen LogP contribution is -2.13. The van der Waals surface area contributed by atoms with Crippen molar-refractivity contribution < 1.29 is 18.8 Å². The van der Waals surface area contributed by atoms with Crippen LogP contribution < -0.4 is 14.8 Å². The molecule has 0 spiro atoms. The van der Waals surface area contributed by atoms with Gasteiger partial charge in [-0.15, -0.1) is 0 Å². The summed E-state index contributed by atoms with van der Waals surface area (Å²) >= 11 is 6.23. The number of aromatic nitrogens is 1. The molecule has 1 heterocycles. The van der Waals surface area contributed by atoms with E-state index in [4.69, 9.17) is 25.6 Å². The molecule has 0 aliphatic rings. The van der Waals surface area contributed by atoms with Crippen LogP contribution in [-0.2, 0) is 0 Å². The molecule has 1 aromatic heterocycles. The molecule has 0 radical (unpaired) electrons. The Morgan fingerprint density at radius 1 is 1.12 bits per heavy atom. The highest BCUT2D eigenvalue weighted by Gasteiger charge is 2.23. The number of rotatable bonds is 5. The van der Waals surface area contributed by atoms with E-state index in [1.54, 1.807) is 44.4 Å². The van der Waals surface area contributed by atoms with Gasteiger partial charge in [-0.1, -0.05) is 35.0 Å². The maximum absolute atomic E-state index is 12.8. The predicted octanol–water partition coefficient (Wildman–Crippen LogP) is 4.57. The van der Waals surface area contributed by atoms with Gasteiger partial charge in [0, 0.05) is 17.3 Å². The van der Waals surface area contributed by atoms with Gasteiger partial charge >= 0.3 is 0 Å². The molecule has 26 heavy (non-hydrogen) atoms. The summed E-state index contributed by atoms with van der Waals surface area (Å²) in [5.74, 6) is 1.13. The fraction of sp³-hybridized carbons (Fsp3) is 0.158. The van der Waals surface area contributed by atoms with Gasteiger partial charge in [-0.3, -0.25) is 4.79 Å². The Hall–Kier alpha value is -2.99. The van der Waals surface area contributed by atoms with Crippen molar-refractivity contribution >= 4 is 23.2 Å². The van der Waals surface area contributed by atoms with Crippen LogP contribution in [0.5, 0.6) is 11.5 Å². The second-order valence-electron chi connectivity index (χ2n) is 5.47. The number of nitrogens with one attached hydrogen (secondary N) is 1. The second kappa shape index (κ2) is 7.49. The maximum atomic E-state index is 12.8. The number of nitrogens with zero attached hydrogens (tertiary/aromatic N) is 1. The summed E-state index contributed by atoms with van der Waals surface area (Å²) in [6, 6.07) is 12.3. The van der Waals surface area contributed by atoms with Crippen LogP contribution in [0.15, 0.2) is 47.0 Å². The third kappa shape index (κ3) is 3.36. The zero-order valence-corrected chi connectivity index (χ0v) is 15.3. The van der Waals surface area contributed by atoms with Gasteiger partial charge in [-0.2, -0.15) is 0 Å². The topological polar surface area (TPSA) is 73.6 Å². The molecule has 7 heteroatoms. The first-order chi connectivity index (χ1) is 12.5. The molecule has 6 nitrogen and oxygen atoms in total. The number of hydrogen-bond acceptors (Lipinski definition) is 5. The summed E-state index contributed by atoms with van der Waals surface area (Å²) in [5, 5.41) is 7.32. The van der Waals surface area contributed by atoms with Crippen molar-refractivity contribution in [3.05, 3.63) is 58.8 Å². The Kier molecular flexibility index (Phi) is 5.14. The second-order valence-corrected chi connectivity index (χ2v) is 5.87. The van der Waals surface area contributed by atoms with Crippen LogP contribution in [0.3, 0.4) is 0 Å². The third-order valence-electron chi connectivity index (χ3n) is 3.86. The number of carbonyl (C=O) groups is 1. The van der Waals surface area contributed by atoms with Crippen LogP contribution in [-0.4, -0.2) is 25.3 Å². The zero-order chi connectivity index (χ0) is 18.7. The summed E-state index contributed by atoms with van der Waals surface area (Å²) < 4.78 is 15.7. The van der Waals surface area contributed by atoms with Crippen LogP contribution in [0.4, 0.5) is 5.69 Å². The number of benzene rings is 2. The monoisotopic (exact) mass is 372 g/mol. The van der Waals surface area contributed by atoms with Gasteiger partial charge in [0.1, 0.15) is 17.0 Å². The molecule has 0 unspecified atom stereocenters. The summed E-state index contributed by atoms with van der Waals surface area (Å²) in [4.78, 5) is 12.8. The summed E-state index contributed by atoms with van der Waals surface area (Å²) in [6.07, 6.45) is 0. The van der Waals surface area contributed by atoms with Gasteiger partial charge in [-0.05, 0) is 25.1 Å². The molecule has 2 aromatic carbocycles. The molecule has 0 saturated heterocycles. The number of aryl methyl sites for hydroxylation is 1. The van der Waals surface area contributed by atoms with Crippen molar-refractivity contribution in [2.24, 2.45) is 0 Å². The van der Waals surface area contributed by atoms with Crippen molar-refractivity contribution in [3.8, 4) is 22.8 Å². The van der Waals surface area contributed by atoms with Gasteiger partial charge < -0.3 is 19.3 Å². The number of amides is 1. The van der Waals surface area contributed by atoms with Crippen molar-refractivity contribution in [1.82, 2.24) is 5.16 Å². The van der Waals surface area contributed by atoms with E-state index in [1.807, 2.05) is 12.1 Å². The highest BCUT2D eigenvalue weighted by Crippen LogP contribution is 2.33. The normalized spacial score (nSPS) is 10.5. The predicted molar refractivity (Wildman–Crippen MR) is 99.2 cm³/mol. The molecule has 0 atom stereocenters. The number of hydrogen-bond donors (Lipinski definition) is 1. The fourth-order valence-electron chi connectivity index (χ4n) is 2.58. The molecule has 0 saturated carbocycles. The smallest absolute Gasteiger partial charge is 0.261 e. The van der Waals surface area contributed by atoms with Crippen LogP contribution in [0.1, 0.15) is 16.1 Å². The van der Waals surface area contributed by atoms with E-state index in [9.17, 15) is 4.79 Å². The lowest BCUT2D eigenvalue weighted by Gasteiger charge is -2.11. The van der Waals surface area contributed by atoms with Gasteiger partial charge in [-0.25, -0.2) is 0 Å². The van der Waals surface area contributed by atoms with Crippen LogP contribution >= 0.6 is 11.6 Å². The van der Waals surface area contributed by atoms with Gasteiger partial charge in [0.25, 0.3) is 5.91 Å². The molecule has 0 aliphatic carbocycles. The minimum absolute atomic E-state index is 0.327. The van der Waals surface area contributed by atoms with E-state index < -0.39 is 0 Å². The molecule has 0 bridgehead atoms. The van der Waals surface area contributed by atoms with Gasteiger partial charge in [0.05, 0.1) is 19.2 Å². The average Bonchev–Trinajstić information content (AvgIpc) is 3.03. The minimum Gasteiger partial charge on any atom is -0.493 e. The molecular weight excluding hydrogens is 356 g/mol. The Bertz CT molecular complexity index is 952. The van der Waals surface area contributed by atoms with E-state index in [1.165, 1.54) is 7.11 Å². The third-order valence-corrected chi connectivity index (χ3v) is 4.19. The van der Waals surface area contributed by atoms with Crippen molar-refractivity contribution in [2.45, 2.75) is 6.92 Å². The molecule has 0 aliphatic heterocycles. The minimum atomic E-state index is -0.356. The van der Waals surface area contributed by atoms with E-state index >= 15 is 0 Å². The van der Waals surface area contributed by atoms with E-state index in [0.29, 0.717) is 44.8 Å². The van der Waals surface area contributed by atoms with Crippen LogP contribution in [0, 0.1) is 6.92 Å². The summed E-state index contributed by atoms with van der Waals surface area (Å²) in [6.45, 7) is 1.68. The largest absolute Gasteiger partial charge is 0.493 e. The summed E-state index contributed by atoms with van der Waals surface area (Å²) in [7, 11) is 3.08. The van der Waals surface area contributed by atoms with Gasteiger partial charge in [0.2, 0.25) is 0 Å². The fourth-order valence-corrected chi connectivity index (χ4v) is 2.81. The standard InChI is InChI=1S/C19H17ClN2O4/c1-11-17(18(22-26-11)13-6-4-5-7-14(13)20)19(23)21-12-8-9-15(24-2)16(10-12)25-3/h4-10H,1-3H3,(H,21,23). The van der Waals surface area contributed by atoms with Crippen molar-refractivity contribution in [3.63, 3.8) is 0 Å². The number of halogens is 1. The van der Waals surface area contributed by atoms with Crippen LogP contribution in [0.2, 0.25) is 5.02 Å². The first-order valence-corrected chi connectivity index (χ1v) is 8.17. The number of ether oxygens (including phenoxy) is 2. The van der Waals surface area contributed by atoms with Gasteiger partial charge in [0.15, 0.2) is 11.5 Å². The van der Waals surface area contributed by atoms with Crippen molar-refractivity contribution in [2.75, 3.05) is 19.5 Å². The van der Waals surface area contributed by atoms with E-state index in [2.05, 4.69) is 10.5 Å². The molecule has 3 rings (SSSR count). The van der Waals surface area contributed by atoms with E-state index in [0.717, 1.165) is 0 Å². The lowest BCUT2D eigenvalue weighted by molar-refractivity contribution is 0.102. The Morgan fingerprint density at radius 2 is 1.85 bits per heavy atom. The molecule has 1 amide bonds. The zero-order valence-electron chi connectivity index (χ0n) is 14.5. The van der Waals surface area contributed by atoms with E-state index in [-0.39, 0.29) is 5.91 Å². The number of methoxy groups -OCH3 is 2. The number of carbonyl (C=O) groups excluding carboxylic acids is 1. The first-order valence-electron chi connectivity index (χ1n) is 7.79. The lowest BCUT2D eigenvalue weighted by atomic mass is 10.1. The molecule has 0 fully saturated rings. The highest BCUT2D eigenvalue weighted by molar-refractivity contribution is 6.33. The van der Waals surface area contributed by atoms with Crippen molar-refractivity contribution in [1.29, 1.82) is 0 Å². The SMILES string of the molecule is COc1ccc(NC(=O)c2c(-c3ccccc3Cl)noc2C)cc1OC. The first kappa shape index (κ1) is 17.8. The molecule has 134 valence electrons. The molecule has 3 aromatic rings. The quantitative estimate of drug-likeness (QED) is 0.710. The average molecular weight is 373 g/mol. The molecule has 1 N–H and O–H groups in total. The maximum Gasteiger partial charge on any atom is 0.261 e. The molecular formula is C19H17ClN2O4. The highest BCUT2D eigenvalue weighted by atomic mass is 35.5. The summed E-state index contributed by atoms with van der Waals surface area (Å²) in [5.41, 5.74) is 1.90. The van der Waals surface area contributed by atoms with Crippen LogP contribution in [0.25, 0.3) is 11.3 Å².